The smallest absolute Gasteiger partial charge is 0.262 e. The van der Waals surface area contributed by atoms with Crippen LogP contribution >= 0.6 is 0 Å². The van der Waals surface area contributed by atoms with Crippen LogP contribution in [0.5, 0.6) is 11.5 Å². The molecule has 0 amide bonds. The molecule has 1 N–H and O–H groups in total. The molecule has 0 radical (unpaired) electrons. The van der Waals surface area contributed by atoms with Gasteiger partial charge in [-0.3, -0.25) is 4.72 Å². The van der Waals surface area contributed by atoms with Gasteiger partial charge in [-0.2, -0.15) is 0 Å². The van der Waals surface area contributed by atoms with E-state index in [2.05, 4.69) is 4.72 Å². The van der Waals surface area contributed by atoms with Crippen LogP contribution in [0.1, 0.15) is 17.5 Å². The van der Waals surface area contributed by atoms with E-state index in [1.54, 1.807) is 12.1 Å². The van der Waals surface area contributed by atoms with Crippen molar-refractivity contribution in [3.05, 3.63) is 83.9 Å². The molecule has 6 heteroatoms. The maximum Gasteiger partial charge on any atom is 0.262 e. The lowest BCUT2D eigenvalue weighted by atomic mass is 10.0. The molecule has 0 fully saturated rings. The highest BCUT2D eigenvalue weighted by atomic mass is 32.2. The van der Waals surface area contributed by atoms with Crippen LogP contribution in [0.25, 0.3) is 0 Å². The Labute approximate surface area is 165 Å². The summed E-state index contributed by atoms with van der Waals surface area (Å²) in [4.78, 5) is 0.145. The molecule has 0 bridgehead atoms. The third-order valence-electron chi connectivity index (χ3n) is 4.53. The first kappa shape index (κ1) is 18.4. The lowest BCUT2D eigenvalue weighted by Gasteiger charge is -2.14. The number of nitrogens with one attached hydrogen (secondary N) is 1. The van der Waals surface area contributed by atoms with Crippen LogP contribution in [0.2, 0.25) is 0 Å². The number of anilines is 1. The quantitative estimate of drug-likeness (QED) is 0.702. The summed E-state index contributed by atoms with van der Waals surface area (Å²) in [7, 11) is -3.76. The first-order valence-corrected chi connectivity index (χ1v) is 10.6. The van der Waals surface area contributed by atoms with E-state index in [0.717, 1.165) is 17.5 Å². The van der Waals surface area contributed by atoms with Gasteiger partial charge in [0.15, 0.2) is 11.5 Å². The fourth-order valence-electron chi connectivity index (χ4n) is 3.10. The summed E-state index contributed by atoms with van der Waals surface area (Å²) < 4.78 is 39.9. The Morgan fingerprint density at radius 2 is 1.54 bits per heavy atom. The van der Waals surface area contributed by atoms with E-state index in [1.165, 1.54) is 12.1 Å². The highest BCUT2D eigenvalue weighted by Crippen LogP contribution is 2.33. The second-order valence-electron chi connectivity index (χ2n) is 6.58. The van der Waals surface area contributed by atoms with E-state index >= 15 is 0 Å². The number of para-hydroxylation sites is 1. The highest BCUT2D eigenvalue weighted by Gasteiger charge is 2.20. The molecule has 1 heterocycles. The summed E-state index contributed by atoms with van der Waals surface area (Å²) in [5, 5.41) is 0. The van der Waals surface area contributed by atoms with E-state index < -0.39 is 10.0 Å². The number of ether oxygens (including phenoxy) is 2. The first-order chi connectivity index (χ1) is 13.6. The van der Waals surface area contributed by atoms with Gasteiger partial charge in [-0.1, -0.05) is 48.5 Å². The molecule has 1 aliphatic heterocycles. The zero-order chi connectivity index (χ0) is 19.4. The molecule has 1 aliphatic rings. The van der Waals surface area contributed by atoms with Gasteiger partial charge < -0.3 is 9.47 Å². The summed E-state index contributed by atoms with van der Waals surface area (Å²) in [6.45, 7) is 1.06. The predicted octanol–water partition coefficient (Wildman–Crippen LogP) is 4.24. The van der Waals surface area contributed by atoms with Crippen molar-refractivity contribution in [1.82, 2.24) is 0 Å². The Bertz CT molecular complexity index is 1060. The normalized spacial score (nSPS) is 13.6. The Morgan fingerprint density at radius 1 is 0.821 bits per heavy atom. The minimum Gasteiger partial charge on any atom is -0.490 e. The minimum absolute atomic E-state index is 0.145. The van der Waals surface area contributed by atoms with Crippen molar-refractivity contribution >= 4 is 15.7 Å². The van der Waals surface area contributed by atoms with Crippen LogP contribution < -0.4 is 14.2 Å². The van der Waals surface area contributed by atoms with Crippen LogP contribution in [-0.4, -0.2) is 21.6 Å². The molecule has 0 aliphatic carbocycles. The molecule has 4 rings (SSSR count). The molecule has 0 aromatic heterocycles. The number of sulfonamides is 1. The maximum atomic E-state index is 13.0. The van der Waals surface area contributed by atoms with E-state index in [-0.39, 0.29) is 4.90 Å². The van der Waals surface area contributed by atoms with E-state index in [4.69, 9.17) is 9.47 Å². The van der Waals surface area contributed by atoms with Gasteiger partial charge in [-0.15, -0.1) is 0 Å². The first-order valence-electron chi connectivity index (χ1n) is 9.16. The fourth-order valence-corrected chi connectivity index (χ4v) is 4.22. The van der Waals surface area contributed by atoms with Crippen LogP contribution in [0.3, 0.4) is 0 Å². The van der Waals surface area contributed by atoms with Crippen LogP contribution in [0, 0.1) is 0 Å². The topological polar surface area (TPSA) is 64.6 Å². The minimum atomic E-state index is -3.76. The number of fused-ring (bicyclic) bond motifs is 1. The van der Waals surface area contributed by atoms with Crippen molar-refractivity contribution in [2.45, 2.75) is 17.7 Å². The maximum absolute atomic E-state index is 13.0. The Hall–Kier alpha value is -2.99. The van der Waals surface area contributed by atoms with Crippen molar-refractivity contribution in [2.24, 2.45) is 0 Å². The Balaban J connectivity index is 1.61. The molecule has 5 nitrogen and oxygen atoms in total. The third-order valence-corrected chi connectivity index (χ3v) is 5.89. The number of hydrogen-bond acceptors (Lipinski definition) is 4. The predicted molar refractivity (Wildman–Crippen MR) is 109 cm³/mol. The standard InChI is InChI=1S/C22H21NO4S/c24-28(25,19-11-12-21-22(16-19)27-14-6-13-26-21)23-20-10-5-4-9-18(20)15-17-7-2-1-3-8-17/h1-5,7-12,16,23H,6,13-15H2. The van der Waals surface area contributed by atoms with Gasteiger partial charge in [-0.05, 0) is 35.7 Å². The summed E-state index contributed by atoms with van der Waals surface area (Å²) >= 11 is 0. The molecule has 0 atom stereocenters. The average Bonchev–Trinajstić information content (AvgIpc) is 2.95. The third kappa shape index (κ3) is 4.12. The van der Waals surface area contributed by atoms with E-state index in [9.17, 15) is 8.42 Å². The molecule has 3 aromatic carbocycles. The molecule has 0 spiro atoms. The van der Waals surface area contributed by atoms with Crippen molar-refractivity contribution in [1.29, 1.82) is 0 Å². The summed E-state index contributed by atoms with van der Waals surface area (Å²) in [6, 6.07) is 22.1. The molecular formula is C22H21NO4S. The lowest BCUT2D eigenvalue weighted by Crippen LogP contribution is -2.14. The van der Waals surface area contributed by atoms with Gasteiger partial charge >= 0.3 is 0 Å². The number of hydrogen-bond donors (Lipinski definition) is 1. The molecule has 28 heavy (non-hydrogen) atoms. The Kier molecular flexibility index (Phi) is 5.21. The molecule has 0 saturated carbocycles. The molecule has 0 unspecified atom stereocenters. The number of benzene rings is 3. The van der Waals surface area contributed by atoms with Gasteiger partial charge in [-0.25, -0.2) is 8.42 Å². The molecule has 3 aromatic rings. The van der Waals surface area contributed by atoms with Gasteiger partial charge in [0.05, 0.1) is 23.8 Å². The summed E-state index contributed by atoms with van der Waals surface area (Å²) in [5.41, 5.74) is 2.59. The molecular weight excluding hydrogens is 374 g/mol. The van der Waals surface area contributed by atoms with Crippen LogP contribution in [-0.2, 0) is 16.4 Å². The van der Waals surface area contributed by atoms with Crippen molar-refractivity contribution in [2.75, 3.05) is 17.9 Å². The number of rotatable bonds is 5. The average molecular weight is 395 g/mol. The monoisotopic (exact) mass is 395 g/mol. The van der Waals surface area contributed by atoms with Gasteiger partial charge in [0.25, 0.3) is 10.0 Å². The van der Waals surface area contributed by atoms with Crippen LogP contribution in [0.15, 0.2) is 77.7 Å². The van der Waals surface area contributed by atoms with Crippen molar-refractivity contribution < 1.29 is 17.9 Å². The largest absolute Gasteiger partial charge is 0.490 e. The lowest BCUT2D eigenvalue weighted by molar-refractivity contribution is 0.297. The second kappa shape index (κ2) is 7.94. The van der Waals surface area contributed by atoms with Gasteiger partial charge in [0.1, 0.15) is 0 Å². The molecule has 144 valence electrons. The Morgan fingerprint density at radius 3 is 2.36 bits per heavy atom. The SMILES string of the molecule is O=S(=O)(Nc1ccccc1Cc1ccccc1)c1ccc2c(c1)OCCCO2. The summed E-state index contributed by atoms with van der Waals surface area (Å²) in [5.74, 6) is 1.03. The summed E-state index contributed by atoms with van der Waals surface area (Å²) in [6.07, 6.45) is 1.41. The zero-order valence-corrected chi connectivity index (χ0v) is 16.1. The fraction of sp³-hybridized carbons (Fsp3) is 0.182. The van der Waals surface area contributed by atoms with Crippen molar-refractivity contribution in [3.8, 4) is 11.5 Å². The van der Waals surface area contributed by atoms with Crippen LogP contribution in [0.4, 0.5) is 5.69 Å². The van der Waals surface area contributed by atoms with Gasteiger partial charge in [0.2, 0.25) is 0 Å². The highest BCUT2D eigenvalue weighted by molar-refractivity contribution is 7.92. The van der Waals surface area contributed by atoms with Crippen molar-refractivity contribution in [3.63, 3.8) is 0 Å². The second-order valence-corrected chi connectivity index (χ2v) is 8.27. The van der Waals surface area contributed by atoms with E-state index in [0.29, 0.717) is 36.8 Å². The van der Waals surface area contributed by atoms with Gasteiger partial charge in [0, 0.05) is 12.5 Å². The molecule has 0 saturated heterocycles. The van der Waals surface area contributed by atoms with E-state index in [1.807, 2.05) is 48.5 Å². The zero-order valence-electron chi connectivity index (χ0n) is 15.3.